The van der Waals surface area contributed by atoms with Crippen molar-refractivity contribution in [1.82, 2.24) is 9.88 Å². The van der Waals surface area contributed by atoms with Crippen LogP contribution in [0.4, 0.5) is 0 Å². The van der Waals surface area contributed by atoms with Gasteiger partial charge < -0.3 is 4.90 Å². The van der Waals surface area contributed by atoms with Crippen LogP contribution in [0.2, 0.25) is 0 Å². The molecule has 0 fully saturated rings. The lowest BCUT2D eigenvalue weighted by Crippen LogP contribution is -2.19. The maximum absolute atomic E-state index is 4.28. The Kier molecular flexibility index (Phi) is 6.82. The lowest BCUT2D eigenvalue weighted by molar-refractivity contribution is 0.313. The predicted octanol–water partition coefficient (Wildman–Crippen LogP) is 3.28. The molecule has 0 saturated carbocycles. The maximum atomic E-state index is 4.28. The SMILES string of the molecule is CCCCCCCN(C)Cc1[c]cccn1. The van der Waals surface area contributed by atoms with Crippen molar-refractivity contribution < 1.29 is 0 Å². The van der Waals surface area contributed by atoms with Crippen LogP contribution in [0.25, 0.3) is 0 Å². The van der Waals surface area contributed by atoms with Crippen molar-refractivity contribution in [3.63, 3.8) is 0 Å². The molecule has 0 aliphatic carbocycles. The number of pyridine rings is 1. The monoisotopic (exact) mass is 219 g/mol. The minimum Gasteiger partial charge on any atom is -0.301 e. The Bertz CT molecular complexity index is 259. The van der Waals surface area contributed by atoms with Gasteiger partial charge in [-0.05, 0) is 26.1 Å². The summed E-state index contributed by atoms with van der Waals surface area (Å²) in [5, 5.41) is 0. The molecule has 1 aromatic heterocycles. The van der Waals surface area contributed by atoms with Crippen molar-refractivity contribution in [2.24, 2.45) is 0 Å². The summed E-state index contributed by atoms with van der Waals surface area (Å²) in [6.07, 6.45) is 8.55. The third kappa shape index (κ3) is 5.86. The minimum absolute atomic E-state index is 0.911. The van der Waals surface area contributed by atoms with Crippen LogP contribution >= 0.6 is 0 Å². The third-order valence-corrected chi connectivity index (χ3v) is 2.73. The second-order valence-corrected chi connectivity index (χ2v) is 4.38. The zero-order chi connectivity index (χ0) is 11.6. The van der Waals surface area contributed by atoms with Crippen LogP contribution in [0.5, 0.6) is 0 Å². The molecule has 2 nitrogen and oxygen atoms in total. The Morgan fingerprint density at radius 3 is 2.75 bits per heavy atom. The Balaban J connectivity index is 2.09. The molecular formula is C14H23N2. The van der Waals surface area contributed by atoms with Crippen LogP contribution in [-0.4, -0.2) is 23.5 Å². The van der Waals surface area contributed by atoms with Gasteiger partial charge in [-0.2, -0.15) is 0 Å². The highest BCUT2D eigenvalue weighted by Crippen LogP contribution is 2.04. The van der Waals surface area contributed by atoms with E-state index in [4.69, 9.17) is 0 Å². The van der Waals surface area contributed by atoms with Gasteiger partial charge in [0.05, 0.1) is 5.69 Å². The summed E-state index contributed by atoms with van der Waals surface area (Å²) < 4.78 is 0. The van der Waals surface area contributed by atoms with Crippen LogP contribution in [-0.2, 0) is 6.54 Å². The molecule has 16 heavy (non-hydrogen) atoms. The number of nitrogens with zero attached hydrogens (tertiary/aromatic N) is 2. The number of aromatic nitrogens is 1. The fourth-order valence-corrected chi connectivity index (χ4v) is 1.76. The summed E-state index contributed by atoms with van der Waals surface area (Å²) in [5.74, 6) is 0. The first-order chi connectivity index (χ1) is 7.83. The van der Waals surface area contributed by atoms with E-state index >= 15 is 0 Å². The van der Waals surface area contributed by atoms with E-state index in [9.17, 15) is 0 Å². The molecule has 1 rings (SSSR count). The van der Waals surface area contributed by atoms with Crippen molar-refractivity contribution in [1.29, 1.82) is 0 Å². The van der Waals surface area contributed by atoms with E-state index in [1.807, 2.05) is 18.3 Å². The van der Waals surface area contributed by atoms with Crippen molar-refractivity contribution >= 4 is 0 Å². The molecule has 1 heterocycles. The molecular weight excluding hydrogens is 196 g/mol. The molecule has 0 bridgehead atoms. The number of unbranched alkanes of at least 4 members (excludes halogenated alkanes) is 4. The predicted molar refractivity (Wildman–Crippen MR) is 68.2 cm³/mol. The maximum Gasteiger partial charge on any atom is 0.0622 e. The molecule has 2 heteroatoms. The van der Waals surface area contributed by atoms with Crippen molar-refractivity contribution in [3.05, 3.63) is 30.1 Å². The molecule has 0 N–H and O–H groups in total. The Morgan fingerprint density at radius 1 is 1.25 bits per heavy atom. The zero-order valence-electron chi connectivity index (χ0n) is 10.6. The van der Waals surface area contributed by atoms with Gasteiger partial charge >= 0.3 is 0 Å². The van der Waals surface area contributed by atoms with Crippen molar-refractivity contribution in [2.45, 2.75) is 45.6 Å². The van der Waals surface area contributed by atoms with Gasteiger partial charge in [0.15, 0.2) is 0 Å². The average molecular weight is 219 g/mol. The van der Waals surface area contributed by atoms with Gasteiger partial charge in [-0.1, -0.05) is 38.7 Å². The molecule has 0 saturated heterocycles. The molecule has 1 aromatic rings. The van der Waals surface area contributed by atoms with Crippen LogP contribution in [0.1, 0.15) is 44.7 Å². The summed E-state index contributed by atoms with van der Waals surface area (Å²) in [7, 11) is 2.16. The van der Waals surface area contributed by atoms with E-state index in [0.29, 0.717) is 0 Å². The fraction of sp³-hybridized carbons (Fsp3) is 0.643. The van der Waals surface area contributed by atoms with E-state index in [0.717, 1.165) is 18.8 Å². The second kappa shape index (κ2) is 8.28. The van der Waals surface area contributed by atoms with E-state index in [1.54, 1.807) is 0 Å². The van der Waals surface area contributed by atoms with Gasteiger partial charge in [0, 0.05) is 18.8 Å². The van der Waals surface area contributed by atoms with Crippen LogP contribution in [0.15, 0.2) is 18.3 Å². The standard InChI is InChI=1S/C14H23N2/c1-3-4-5-6-9-12-16(2)13-14-10-7-8-11-15-14/h7-8,11H,3-6,9,12-13H2,1-2H3. The first-order valence-corrected chi connectivity index (χ1v) is 6.33. The van der Waals surface area contributed by atoms with Gasteiger partial charge in [-0.3, -0.25) is 4.98 Å². The van der Waals surface area contributed by atoms with E-state index < -0.39 is 0 Å². The largest absolute Gasteiger partial charge is 0.301 e. The highest BCUT2D eigenvalue weighted by atomic mass is 15.1. The smallest absolute Gasteiger partial charge is 0.0622 e. The Hall–Kier alpha value is -0.890. The quantitative estimate of drug-likeness (QED) is 0.624. The molecule has 0 spiro atoms. The Labute approximate surface area is 99.7 Å². The summed E-state index contributed by atoms with van der Waals surface area (Å²) in [6, 6.07) is 7.00. The first kappa shape index (κ1) is 13.2. The van der Waals surface area contributed by atoms with Gasteiger partial charge in [0.25, 0.3) is 0 Å². The van der Waals surface area contributed by atoms with Crippen LogP contribution in [0.3, 0.4) is 0 Å². The van der Waals surface area contributed by atoms with Crippen molar-refractivity contribution in [3.8, 4) is 0 Å². The molecule has 0 aromatic carbocycles. The first-order valence-electron chi connectivity index (χ1n) is 6.33. The molecule has 0 aliphatic rings. The van der Waals surface area contributed by atoms with Gasteiger partial charge in [-0.15, -0.1) is 0 Å². The highest BCUT2D eigenvalue weighted by molar-refractivity contribution is 5.00. The number of rotatable bonds is 8. The lowest BCUT2D eigenvalue weighted by Gasteiger charge is -2.15. The fourth-order valence-electron chi connectivity index (χ4n) is 1.76. The molecule has 0 atom stereocenters. The molecule has 0 unspecified atom stereocenters. The second-order valence-electron chi connectivity index (χ2n) is 4.38. The molecule has 1 radical (unpaired) electrons. The topological polar surface area (TPSA) is 16.1 Å². The van der Waals surface area contributed by atoms with Crippen molar-refractivity contribution in [2.75, 3.05) is 13.6 Å². The van der Waals surface area contributed by atoms with Gasteiger partial charge in [0.1, 0.15) is 0 Å². The average Bonchev–Trinajstić information content (AvgIpc) is 2.30. The number of hydrogen-bond acceptors (Lipinski definition) is 2. The van der Waals surface area contributed by atoms with Gasteiger partial charge in [-0.25, -0.2) is 0 Å². The van der Waals surface area contributed by atoms with E-state index in [2.05, 4.69) is 29.9 Å². The summed E-state index contributed by atoms with van der Waals surface area (Å²) in [4.78, 5) is 6.60. The van der Waals surface area contributed by atoms with E-state index in [1.165, 1.54) is 32.1 Å². The normalized spacial score (nSPS) is 10.9. The summed E-state index contributed by atoms with van der Waals surface area (Å²) >= 11 is 0. The van der Waals surface area contributed by atoms with E-state index in [-0.39, 0.29) is 0 Å². The Morgan fingerprint density at radius 2 is 2.06 bits per heavy atom. The third-order valence-electron chi connectivity index (χ3n) is 2.73. The highest BCUT2D eigenvalue weighted by Gasteiger charge is 2.00. The molecule has 89 valence electrons. The lowest BCUT2D eigenvalue weighted by atomic mass is 10.1. The van der Waals surface area contributed by atoms with Crippen LogP contribution in [0, 0.1) is 6.07 Å². The van der Waals surface area contributed by atoms with Crippen LogP contribution < -0.4 is 0 Å². The summed E-state index contributed by atoms with van der Waals surface area (Å²) in [6.45, 7) is 4.33. The minimum atomic E-state index is 0.911. The number of hydrogen-bond donors (Lipinski definition) is 0. The molecule has 0 aliphatic heterocycles. The molecule has 0 amide bonds. The van der Waals surface area contributed by atoms with Gasteiger partial charge in [0.2, 0.25) is 0 Å². The zero-order valence-corrected chi connectivity index (χ0v) is 10.6. The summed E-state index contributed by atoms with van der Waals surface area (Å²) in [5.41, 5.74) is 1.04.